The number of aromatic nitrogens is 6. The molecule has 0 atom stereocenters. The summed E-state index contributed by atoms with van der Waals surface area (Å²) < 4.78 is 5.51. The van der Waals surface area contributed by atoms with E-state index in [1.165, 1.54) is 0 Å². The summed E-state index contributed by atoms with van der Waals surface area (Å²) in [4.78, 5) is 34.8. The van der Waals surface area contributed by atoms with Crippen molar-refractivity contribution in [2.45, 2.75) is 19.3 Å². The van der Waals surface area contributed by atoms with Gasteiger partial charge in [-0.15, -0.1) is 0 Å². The van der Waals surface area contributed by atoms with Gasteiger partial charge in [-0.2, -0.15) is 0 Å². The van der Waals surface area contributed by atoms with Crippen molar-refractivity contribution in [3.63, 3.8) is 0 Å². The van der Waals surface area contributed by atoms with Crippen molar-refractivity contribution in [1.29, 1.82) is 0 Å². The number of hydrogen-bond acceptors (Lipinski definition) is 5. The average Bonchev–Trinajstić information content (AvgIpc) is 3.41. The summed E-state index contributed by atoms with van der Waals surface area (Å²) >= 11 is 0. The fourth-order valence-electron chi connectivity index (χ4n) is 4.36. The van der Waals surface area contributed by atoms with Crippen molar-refractivity contribution in [2.75, 3.05) is 13.2 Å². The van der Waals surface area contributed by atoms with Crippen LogP contribution in [-0.4, -0.2) is 43.1 Å². The van der Waals surface area contributed by atoms with Gasteiger partial charge in [0.05, 0.1) is 22.4 Å². The molecule has 0 unspecified atom stereocenters. The van der Waals surface area contributed by atoms with E-state index in [0.717, 1.165) is 71.8 Å². The third-order valence-corrected chi connectivity index (χ3v) is 6.08. The van der Waals surface area contributed by atoms with E-state index in [4.69, 9.17) is 14.7 Å². The normalized spacial score (nSPS) is 15.0. The van der Waals surface area contributed by atoms with Crippen molar-refractivity contribution < 1.29 is 4.74 Å². The molecule has 8 nitrogen and oxygen atoms in total. The van der Waals surface area contributed by atoms with Gasteiger partial charge < -0.3 is 9.72 Å². The first-order chi connectivity index (χ1) is 15.7. The van der Waals surface area contributed by atoms with E-state index in [-0.39, 0.29) is 5.69 Å². The van der Waals surface area contributed by atoms with E-state index in [9.17, 15) is 4.79 Å². The molecular formula is C24H22N6O2. The van der Waals surface area contributed by atoms with Crippen molar-refractivity contribution >= 4 is 22.3 Å². The molecule has 0 spiro atoms. The number of ether oxygens (including phenoxy) is 1. The van der Waals surface area contributed by atoms with E-state index in [1.54, 1.807) is 0 Å². The first kappa shape index (κ1) is 18.9. The minimum atomic E-state index is -0.297. The number of H-pyrrole nitrogens is 3. The fourth-order valence-corrected chi connectivity index (χ4v) is 4.36. The first-order valence-corrected chi connectivity index (χ1v) is 10.9. The maximum absolute atomic E-state index is 11.8. The van der Waals surface area contributed by atoms with Crippen molar-refractivity contribution in [3.05, 3.63) is 64.7 Å². The Morgan fingerprint density at radius 1 is 0.844 bits per heavy atom. The number of fused-ring (bicyclic) bond motifs is 2. The topological polar surface area (TPSA) is 112 Å². The summed E-state index contributed by atoms with van der Waals surface area (Å²) in [7, 11) is 0. The Bertz CT molecular complexity index is 1420. The highest BCUT2D eigenvalue weighted by Crippen LogP contribution is 2.29. The molecule has 0 saturated carbocycles. The van der Waals surface area contributed by atoms with Crippen LogP contribution in [0.15, 0.2) is 53.3 Å². The van der Waals surface area contributed by atoms with Crippen molar-refractivity contribution in [3.8, 4) is 22.6 Å². The third-order valence-electron chi connectivity index (χ3n) is 6.08. The zero-order valence-corrected chi connectivity index (χ0v) is 17.4. The monoisotopic (exact) mass is 426 g/mol. The van der Waals surface area contributed by atoms with E-state index in [0.29, 0.717) is 17.2 Å². The van der Waals surface area contributed by atoms with Crippen LogP contribution in [-0.2, 0) is 11.2 Å². The molecule has 1 saturated heterocycles. The van der Waals surface area contributed by atoms with Crippen LogP contribution < -0.4 is 5.69 Å². The predicted molar refractivity (Wildman–Crippen MR) is 122 cm³/mol. The van der Waals surface area contributed by atoms with Gasteiger partial charge in [0.1, 0.15) is 5.82 Å². The van der Waals surface area contributed by atoms with Crippen LogP contribution in [0.1, 0.15) is 18.5 Å². The Morgan fingerprint density at radius 3 is 2.34 bits per heavy atom. The predicted octanol–water partition coefficient (Wildman–Crippen LogP) is 3.83. The minimum Gasteiger partial charge on any atom is -0.381 e. The summed E-state index contributed by atoms with van der Waals surface area (Å²) in [5, 5.41) is 0. The highest BCUT2D eigenvalue weighted by molar-refractivity contribution is 5.80. The van der Waals surface area contributed by atoms with E-state index < -0.39 is 0 Å². The van der Waals surface area contributed by atoms with Crippen LogP contribution in [0.3, 0.4) is 0 Å². The number of hydrogen-bond donors (Lipinski definition) is 3. The van der Waals surface area contributed by atoms with Gasteiger partial charge in [0.15, 0.2) is 11.3 Å². The highest BCUT2D eigenvalue weighted by Gasteiger charge is 2.20. The third kappa shape index (κ3) is 3.48. The lowest BCUT2D eigenvalue weighted by Gasteiger charge is -2.22. The molecule has 1 aliphatic heterocycles. The number of nitrogens with zero attached hydrogens (tertiary/aromatic N) is 3. The number of imidazole rings is 2. The second-order valence-electron chi connectivity index (χ2n) is 8.24. The largest absolute Gasteiger partial charge is 0.381 e. The molecule has 0 amide bonds. The van der Waals surface area contributed by atoms with E-state index in [2.05, 4.69) is 19.9 Å². The van der Waals surface area contributed by atoms with Gasteiger partial charge in [-0.25, -0.2) is 19.7 Å². The molecule has 3 N–H and O–H groups in total. The van der Waals surface area contributed by atoms with Crippen LogP contribution in [0, 0.1) is 5.92 Å². The zero-order chi connectivity index (χ0) is 21.5. The summed E-state index contributed by atoms with van der Waals surface area (Å²) in [6.07, 6.45) is 2.82. The Labute approximate surface area is 183 Å². The second-order valence-corrected chi connectivity index (χ2v) is 8.24. The molecule has 8 heteroatoms. The number of nitrogens with one attached hydrogen (secondary N) is 3. The lowest BCUT2D eigenvalue weighted by atomic mass is 9.93. The summed E-state index contributed by atoms with van der Waals surface area (Å²) in [5.41, 5.74) is 6.29. The molecule has 0 bridgehead atoms. The number of aromatic amines is 3. The number of rotatable bonds is 4. The fraction of sp³-hybridized carbons (Fsp3) is 0.250. The molecule has 0 aliphatic carbocycles. The van der Waals surface area contributed by atoms with Gasteiger partial charge >= 0.3 is 5.69 Å². The molecule has 5 aromatic rings. The van der Waals surface area contributed by atoms with Gasteiger partial charge in [0.25, 0.3) is 0 Å². The summed E-state index contributed by atoms with van der Waals surface area (Å²) in [6, 6.07) is 16.1. The molecule has 0 radical (unpaired) electrons. The average molecular weight is 426 g/mol. The molecule has 1 aliphatic rings. The van der Waals surface area contributed by atoms with Gasteiger partial charge in [0.2, 0.25) is 0 Å². The maximum atomic E-state index is 11.8. The highest BCUT2D eigenvalue weighted by atomic mass is 16.5. The second kappa shape index (κ2) is 7.72. The van der Waals surface area contributed by atoms with Crippen molar-refractivity contribution in [2.24, 2.45) is 5.92 Å². The quantitative estimate of drug-likeness (QED) is 0.404. The Hall–Kier alpha value is -3.78. The Kier molecular flexibility index (Phi) is 4.57. The van der Waals surface area contributed by atoms with Crippen LogP contribution in [0.25, 0.3) is 45.0 Å². The molecule has 4 heterocycles. The molecular weight excluding hydrogens is 404 g/mol. The van der Waals surface area contributed by atoms with Crippen LogP contribution in [0.2, 0.25) is 0 Å². The molecule has 6 rings (SSSR count). The molecule has 3 aromatic heterocycles. The maximum Gasteiger partial charge on any atom is 0.326 e. The lowest BCUT2D eigenvalue weighted by Crippen LogP contribution is -2.18. The van der Waals surface area contributed by atoms with Gasteiger partial charge in [-0.1, -0.05) is 36.4 Å². The molecule has 32 heavy (non-hydrogen) atoms. The van der Waals surface area contributed by atoms with Crippen molar-refractivity contribution in [1.82, 2.24) is 29.9 Å². The van der Waals surface area contributed by atoms with Crippen LogP contribution in [0.4, 0.5) is 0 Å². The summed E-state index contributed by atoms with van der Waals surface area (Å²) in [6.45, 7) is 1.56. The minimum absolute atomic E-state index is 0.297. The lowest BCUT2D eigenvalue weighted by molar-refractivity contribution is 0.0663. The molecule has 1 fully saturated rings. The SMILES string of the molecule is O=c1[nH]c2nc(CC3CCOCC3)c(-c3ccc(-c4nc5ccccc5[nH]4)cc3)nc2[nH]1. The summed E-state index contributed by atoms with van der Waals surface area (Å²) in [5.74, 6) is 1.33. The van der Waals surface area contributed by atoms with Gasteiger partial charge in [-0.05, 0) is 37.3 Å². The Morgan fingerprint density at radius 2 is 1.56 bits per heavy atom. The van der Waals surface area contributed by atoms with E-state index in [1.807, 2.05) is 48.5 Å². The van der Waals surface area contributed by atoms with Crippen LogP contribution in [0.5, 0.6) is 0 Å². The zero-order valence-electron chi connectivity index (χ0n) is 17.4. The molecule has 2 aromatic carbocycles. The number of para-hydroxylation sites is 2. The first-order valence-electron chi connectivity index (χ1n) is 10.9. The van der Waals surface area contributed by atoms with E-state index >= 15 is 0 Å². The van der Waals surface area contributed by atoms with Crippen LogP contribution >= 0.6 is 0 Å². The smallest absolute Gasteiger partial charge is 0.326 e. The van der Waals surface area contributed by atoms with Gasteiger partial charge in [0, 0.05) is 24.3 Å². The standard InChI is InChI=1S/C24H22N6O2/c31-24-29-22-23(30-24)28-20(19(27-22)13-14-9-11-32-12-10-14)15-5-7-16(8-6-15)21-25-17-3-1-2-4-18(17)26-21/h1-8,14H,9-13H2,(H,25,26)(H2,27,28,29,30,31). The Balaban J connectivity index is 1.39. The molecule has 160 valence electrons. The number of benzene rings is 2. The van der Waals surface area contributed by atoms with Gasteiger partial charge in [-0.3, -0.25) is 9.97 Å².